The van der Waals surface area contributed by atoms with Gasteiger partial charge in [0.25, 0.3) is 0 Å². The zero-order valence-corrected chi connectivity index (χ0v) is 31.7. The molecule has 0 radical (unpaired) electrons. The lowest BCUT2D eigenvalue weighted by molar-refractivity contribution is -0.142. The van der Waals surface area contributed by atoms with Crippen molar-refractivity contribution in [1.29, 1.82) is 0 Å². The van der Waals surface area contributed by atoms with Crippen LogP contribution in [0.15, 0.2) is 0 Å². The van der Waals surface area contributed by atoms with Gasteiger partial charge in [-0.2, -0.15) is 0 Å². The molecule has 4 unspecified atom stereocenters. The Kier molecular flexibility index (Phi) is 17.4. The quantitative estimate of drug-likeness (QED) is 0.126. The van der Waals surface area contributed by atoms with E-state index in [1.165, 1.54) is 4.90 Å². The van der Waals surface area contributed by atoms with E-state index in [0.717, 1.165) is 6.42 Å². The number of amides is 11. The van der Waals surface area contributed by atoms with E-state index in [-0.39, 0.29) is 31.3 Å². The fourth-order valence-corrected chi connectivity index (χ4v) is 6.73. The fourth-order valence-electron chi connectivity index (χ4n) is 6.73. The summed E-state index contributed by atoms with van der Waals surface area (Å²) in [6.45, 7) is 0.0362. The van der Waals surface area contributed by atoms with E-state index < -0.39 is 129 Å². The third kappa shape index (κ3) is 13.8. The van der Waals surface area contributed by atoms with E-state index in [4.69, 9.17) is 0 Å². The lowest BCUT2D eigenvalue weighted by Crippen LogP contribution is -2.65. The molecule has 2 heterocycles. The number of rotatable bonds is 2. The summed E-state index contributed by atoms with van der Waals surface area (Å²) < 4.78 is 0. The minimum atomic E-state index is -1.36. The number of hydrogen-bond donors (Lipinski definition) is 10. The molecule has 2 saturated heterocycles. The van der Waals surface area contributed by atoms with Crippen molar-refractivity contribution in [2.45, 2.75) is 70.4 Å². The summed E-state index contributed by atoms with van der Waals surface area (Å²) in [5.41, 5.74) is -1.36. The first kappa shape index (κ1) is 44.6. The Balaban J connectivity index is 1.68. The molecule has 2 aliphatic heterocycles. The number of fused-ring (bicyclic) bond motifs is 1. The van der Waals surface area contributed by atoms with Gasteiger partial charge in [0, 0.05) is 19.5 Å². The highest BCUT2D eigenvalue weighted by Gasteiger charge is 2.52. The average Bonchev–Trinajstić information content (AvgIpc) is 3.85. The third-order valence-corrected chi connectivity index (χ3v) is 9.87. The van der Waals surface area contributed by atoms with Gasteiger partial charge in [0.05, 0.1) is 52.4 Å². The van der Waals surface area contributed by atoms with E-state index in [2.05, 4.69) is 53.2 Å². The topological polar surface area (TPSA) is 311 Å². The highest BCUT2D eigenvalue weighted by atomic mass is 16.2. The number of nitrogens with zero attached hydrogens (tertiary/aromatic N) is 1. The maximum atomic E-state index is 13.9. The molecule has 3 aliphatic rings. The summed E-state index contributed by atoms with van der Waals surface area (Å²) in [5.74, 6) is -7.45. The molecule has 310 valence electrons. The van der Waals surface area contributed by atoms with Gasteiger partial charge in [0.1, 0.15) is 11.6 Å². The van der Waals surface area contributed by atoms with Crippen molar-refractivity contribution in [3.63, 3.8) is 0 Å². The Morgan fingerprint density at radius 2 is 1.02 bits per heavy atom. The Bertz CT molecular complexity index is 1540. The highest BCUT2D eigenvalue weighted by molar-refractivity contribution is 5.98. The van der Waals surface area contributed by atoms with Gasteiger partial charge in [0.2, 0.25) is 65.0 Å². The van der Waals surface area contributed by atoms with Crippen LogP contribution in [-0.2, 0) is 52.7 Å². The Morgan fingerprint density at radius 1 is 0.571 bits per heavy atom. The number of nitrogens with one attached hydrogen (secondary N) is 10. The van der Waals surface area contributed by atoms with Crippen LogP contribution in [0.5, 0.6) is 0 Å². The number of carbonyl (C=O) groups is 11. The summed E-state index contributed by atoms with van der Waals surface area (Å²) in [4.78, 5) is 140. The van der Waals surface area contributed by atoms with Crippen molar-refractivity contribution in [1.82, 2.24) is 58.1 Å². The van der Waals surface area contributed by atoms with E-state index >= 15 is 0 Å². The molecule has 0 aromatic heterocycles. The van der Waals surface area contributed by atoms with Crippen LogP contribution in [0.25, 0.3) is 0 Å². The summed E-state index contributed by atoms with van der Waals surface area (Å²) in [6.07, 6.45) is 2.93. The monoisotopic (exact) mass is 791 g/mol. The molecular weight excluding hydrogens is 738 g/mol. The molecule has 1 saturated carbocycles. The molecular formula is C34H53N11O11. The van der Waals surface area contributed by atoms with Crippen LogP contribution in [0.2, 0.25) is 0 Å². The minimum Gasteiger partial charge on any atom is -0.354 e. The van der Waals surface area contributed by atoms with Crippen LogP contribution in [0.3, 0.4) is 0 Å². The van der Waals surface area contributed by atoms with Gasteiger partial charge < -0.3 is 58.1 Å². The molecule has 22 nitrogen and oxygen atoms in total. The molecule has 22 heteroatoms. The van der Waals surface area contributed by atoms with Gasteiger partial charge in [-0.25, -0.2) is 0 Å². The van der Waals surface area contributed by atoms with Crippen LogP contribution >= 0.6 is 0 Å². The predicted molar refractivity (Wildman–Crippen MR) is 194 cm³/mol. The summed E-state index contributed by atoms with van der Waals surface area (Å²) in [7, 11) is 0. The molecule has 0 aromatic carbocycles. The second-order valence-corrected chi connectivity index (χ2v) is 13.8. The average molecular weight is 792 g/mol. The SMILES string of the molecule is CCC(C)C1CCCC12NC(=O)C1CCCN1C(=O)CNC(=O)CNC(=O)CNC(=O)CNC(=O)CNC(=O)CNC(=O)CNC(=O)CCNC(=O)CNC2=O. The van der Waals surface area contributed by atoms with Crippen molar-refractivity contribution >= 4 is 65.0 Å². The zero-order valence-electron chi connectivity index (χ0n) is 31.7. The van der Waals surface area contributed by atoms with Crippen molar-refractivity contribution in [3.05, 3.63) is 0 Å². The highest BCUT2D eigenvalue weighted by Crippen LogP contribution is 2.42. The first-order valence-corrected chi connectivity index (χ1v) is 18.7. The van der Waals surface area contributed by atoms with E-state index in [1.807, 2.05) is 13.8 Å². The van der Waals surface area contributed by atoms with Gasteiger partial charge in [-0.05, 0) is 37.5 Å². The summed E-state index contributed by atoms with van der Waals surface area (Å²) >= 11 is 0. The summed E-state index contributed by atoms with van der Waals surface area (Å²) in [6, 6.07) is -0.919. The third-order valence-electron chi connectivity index (χ3n) is 9.87. The maximum Gasteiger partial charge on any atom is 0.246 e. The molecule has 1 spiro atoms. The molecule has 3 fully saturated rings. The van der Waals surface area contributed by atoms with Gasteiger partial charge in [-0.15, -0.1) is 0 Å². The van der Waals surface area contributed by atoms with Crippen LogP contribution in [0.4, 0.5) is 0 Å². The second kappa shape index (κ2) is 21.9. The van der Waals surface area contributed by atoms with E-state index in [0.29, 0.717) is 32.1 Å². The number of hydrogen-bond acceptors (Lipinski definition) is 11. The maximum absolute atomic E-state index is 13.9. The van der Waals surface area contributed by atoms with Gasteiger partial charge in [-0.1, -0.05) is 26.7 Å². The summed E-state index contributed by atoms with van der Waals surface area (Å²) in [5, 5.41) is 24.1. The van der Waals surface area contributed by atoms with Crippen LogP contribution in [0.1, 0.15) is 58.8 Å². The molecule has 56 heavy (non-hydrogen) atoms. The predicted octanol–water partition coefficient (Wildman–Crippen LogP) is -5.87. The second-order valence-electron chi connectivity index (χ2n) is 13.8. The van der Waals surface area contributed by atoms with E-state index in [9.17, 15) is 52.7 Å². The zero-order chi connectivity index (χ0) is 41.3. The largest absolute Gasteiger partial charge is 0.354 e. The molecule has 0 aromatic rings. The molecule has 3 rings (SSSR count). The molecule has 10 N–H and O–H groups in total. The molecule has 4 atom stereocenters. The van der Waals surface area contributed by atoms with Crippen molar-refractivity contribution in [2.24, 2.45) is 11.8 Å². The van der Waals surface area contributed by atoms with Crippen LogP contribution in [-0.4, -0.2) is 147 Å². The molecule has 11 amide bonds. The van der Waals surface area contributed by atoms with Crippen molar-refractivity contribution < 1.29 is 52.7 Å². The Morgan fingerprint density at radius 3 is 1.52 bits per heavy atom. The van der Waals surface area contributed by atoms with Crippen LogP contribution < -0.4 is 53.2 Å². The Hall–Kier alpha value is -5.83. The van der Waals surface area contributed by atoms with E-state index in [1.54, 1.807) is 0 Å². The number of carbonyl (C=O) groups excluding carboxylic acids is 11. The fraction of sp³-hybridized carbons (Fsp3) is 0.676. The minimum absolute atomic E-state index is 0.0249. The standard InChI is InChI=1S/C34H53N11O11/c1-3-20(2)21-6-4-9-34(21)33(56)43-18-24(47)35-10-8-23(46)36-12-25(48)37-13-26(49)38-14-27(50)39-15-28(51)40-16-29(52)41-17-30(53)42-19-31(54)45-11-5-7-22(45)32(55)44-34/h20-22H,3-19H2,1-2H3,(H,35,47)(H,36,46)(H,37,48)(H,38,49)(H,39,50)(H,40,51)(H,41,52)(H,42,53)(H,43,56)(H,44,55). The first-order chi connectivity index (χ1) is 26.6. The lowest BCUT2D eigenvalue weighted by atomic mass is 9.76. The smallest absolute Gasteiger partial charge is 0.246 e. The van der Waals surface area contributed by atoms with Crippen molar-refractivity contribution in [3.8, 4) is 0 Å². The van der Waals surface area contributed by atoms with Crippen molar-refractivity contribution in [2.75, 3.05) is 65.4 Å². The molecule has 1 aliphatic carbocycles. The lowest BCUT2D eigenvalue weighted by Gasteiger charge is -2.39. The first-order valence-electron chi connectivity index (χ1n) is 18.7. The normalized spacial score (nSPS) is 26.4. The Labute approximate surface area is 323 Å². The van der Waals surface area contributed by atoms with Gasteiger partial charge >= 0.3 is 0 Å². The molecule has 0 bridgehead atoms. The van der Waals surface area contributed by atoms with Gasteiger partial charge in [0.15, 0.2) is 0 Å². The van der Waals surface area contributed by atoms with Gasteiger partial charge in [-0.3, -0.25) is 52.7 Å². The van der Waals surface area contributed by atoms with Crippen LogP contribution in [0, 0.1) is 11.8 Å².